The first-order valence-electron chi connectivity index (χ1n) is 5.48. The van der Waals surface area contributed by atoms with E-state index in [0.717, 1.165) is 25.1 Å². The van der Waals surface area contributed by atoms with Crippen LogP contribution >= 0.6 is 11.3 Å². The summed E-state index contributed by atoms with van der Waals surface area (Å²) >= 11 is 1.84. The molecule has 0 saturated carbocycles. The molecule has 0 atom stereocenters. The van der Waals surface area contributed by atoms with E-state index in [-0.39, 0.29) is 0 Å². The van der Waals surface area contributed by atoms with E-state index in [1.807, 2.05) is 22.2 Å². The summed E-state index contributed by atoms with van der Waals surface area (Å²) in [5.74, 6) is 0. The van der Waals surface area contributed by atoms with Crippen molar-refractivity contribution in [1.82, 2.24) is 15.0 Å². The van der Waals surface area contributed by atoms with Gasteiger partial charge in [0.25, 0.3) is 0 Å². The van der Waals surface area contributed by atoms with Crippen LogP contribution in [0.3, 0.4) is 0 Å². The van der Waals surface area contributed by atoms with Gasteiger partial charge in [0.05, 0.1) is 12.2 Å². The van der Waals surface area contributed by atoms with Crippen LogP contribution in [0.1, 0.15) is 22.4 Å². The zero-order valence-electron chi connectivity index (χ0n) is 9.39. The summed E-state index contributed by atoms with van der Waals surface area (Å²) in [7, 11) is 0. The molecule has 0 fully saturated rings. The third-order valence-electron chi connectivity index (χ3n) is 2.37. The largest absolute Gasteiger partial charge is 0.330 e. The molecule has 5 heteroatoms. The first kappa shape index (κ1) is 11.3. The summed E-state index contributed by atoms with van der Waals surface area (Å²) in [6.45, 7) is 3.60. The van der Waals surface area contributed by atoms with Crippen LogP contribution in [0, 0.1) is 0 Å². The monoisotopic (exact) mass is 236 g/mol. The predicted octanol–water partition coefficient (Wildman–Crippen LogP) is 1.45. The van der Waals surface area contributed by atoms with Gasteiger partial charge in [-0.1, -0.05) is 12.1 Å². The quantitative estimate of drug-likeness (QED) is 0.855. The van der Waals surface area contributed by atoms with Crippen LogP contribution in [0.2, 0.25) is 0 Å². The molecule has 2 aromatic rings. The van der Waals surface area contributed by atoms with Crippen LogP contribution in [0.25, 0.3) is 0 Å². The standard InChI is InChI=1S/C11H16N4S/c1-2-10-3-4-11(16-10)8-15-7-9(5-6-12)13-14-15/h3-4,7H,2,5-6,8,12H2,1H3. The highest BCUT2D eigenvalue weighted by molar-refractivity contribution is 7.11. The minimum atomic E-state index is 0.623. The van der Waals surface area contributed by atoms with E-state index in [9.17, 15) is 0 Å². The molecule has 0 amide bonds. The zero-order valence-corrected chi connectivity index (χ0v) is 10.2. The molecular weight excluding hydrogens is 220 g/mol. The number of hydrogen-bond donors (Lipinski definition) is 1. The van der Waals surface area contributed by atoms with Crippen molar-refractivity contribution in [2.45, 2.75) is 26.3 Å². The fourth-order valence-electron chi connectivity index (χ4n) is 1.54. The Labute approximate surface area is 99.1 Å². The van der Waals surface area contributed by atoms with Gasteiger partial charge in [0.2, 0.25) is 0 Å². The lowest BCUT2D eigenvalue weighted by Crippen LogP contribution is -2.02. The van der Waals surface area contributed by atoms with E-state index >= 15 is 0 Å². The lowest BCUT2D eigenvalue weighted by atomic mass is 10.3. The lowest BCUT2D eigenvalue weighted by Gasteiger charge is -1.95. The number of hydrogen-bond acceptors (Lipinski definition) is 4. The summed E-state index contributed by atoms with van der Waals surface area (Å²) in [4.78, 5) is 2.73. The van der Waals surface area contributed by atoms with Crippen LogP contribution in [-0.2, 0) is 19.4 Å². The molecule has 2 aromatic heterocycles. The number of aromatic nitrogens is 3. The molecule has 2 N–H and O–H groups in total. The van der Waals surface area contributed by atoms with E-state index in [1.165, 1.54) is 9.75 Å². The highest BCUT2D eigenvalue weighted by Gasteiger charge is 2.03. The van der Waals surface area contributed by atoms with E-state index in [2.05, 4.69) is 29.4 Å². The van der Waals surface area contributed by atoms with Crippen LogP contribution < -0.4 is 5.73 Å². The van der Waals surface area contributed by atoms with Crippen LogP contribution in [-0.4, -0.2) is 21.5 Å². The molecule has 2 rings (SSSR count). The summed E-state index contributed by atoms with van der Waals surface area (Å²) in [6, 6.07) is 4.34. The first-order valence-corrected chi connectivity index (χ1v) is 6.30. The first-order chi connectivity index (χ1) is 7.81. The summed E-state index contributed by atoms with van der Waals surface area (Å²) in [5, 5.41) is 8.15. The second-order valence-electron chi connectivity index (χ2n) is 3.67. The minimum Gasteiger partial charge on any atom is -0.330 e. The van der Waals surface area contributed by atoms with Crippen molar-refractivity contribution in [3.8, 4) is 0 Å². The highest BCUT2D eigenvalue weighted by atomic mass is 32.1. The van der Waals surface area contributed by atoms with Gasteiger partial charge < -0.3 is 5.73 Å². The van der Waals surface area contributed by atoms with Crippen molar-refractivity contribution >= 4 is 11.3 Å². The Morgan fingerprint density at radius 1 is 1.38 bits per heavy atom. The average molecular weight is 236 g/mol. The number of rotatable bonds is 5. The Balaban J connectivity index is 2.02. The third-order valence-corrected chi connectivity index (χ3v) is 3.58. The minimum absolute atomic E-state index is 0.623. The smallest absolute Gasteiger partial charge is 0.0839 e. The molecular formula is C11H16N4S. The number of thiophene rings is 1. The van der Waals surface area contributed by atoms with Gasteiger partial charge in [0.15, 0.2) is 0 Å². The highest BCUT2D eigenvalue weighted by Crippen LogP contribution is 2.17. The molecule has 0 spiro atoms. The molecule has 16 heavy (non-hydrogen) atoms. The SMILES string of the molecule is CCc1ccc(Cn2cc(CCN)nn2)s1. The average Bonchev–Trinajstić information content (AvgIpc) is 2.89. The van der Waals surface area contributed by atoms with Crippen LogP contribution in [0.15, 0.2) is 18.3 Å². The van der Waals surface area contributed by atoms with Crippen molar-refractivity contribution < 1.29 is 0 Å². The maximum absolute atomic E-state index is 5.47. The Morgan fingerprint density at radius 3 is 2.88 bits per heavy atom. The summed E-state index contributed by atoms with van der Waals surface area (Å²) in [5.41, 5.74) is 6.44. The van der Waals surface area contributed by atoms with Crippen molar-refractivity contribution in [3.05, 3.63) is 33.8 Å². The Morgan fingerprint density at radius 2 is 2.19 bits per heavy atom. The Kier molecular flexibility index (Phi) is 3.69. The van der Waals surface area contributed by atoms with Gasteiger partial charge in [-0.15, -0.1) is 16.4 Å². The number of aryl methyl sites for hydroxylation is 1. The fraction of sp³-hybridized carbons (Fsp3) is 0.455. The molecule has 0 unspecified atom stereocenters. The van der Waals surface area contributed by atoms with Gasteiger partial charge in [-0.25, -0.2) is 4.68 Å². The molecule has 86 valence electrons. The zero-order chi connectivity index (χ0) is 11.4. The van der Waals surface area contributed by atoms with E-state index in [0.29, 0.717) is 6.54 Å². The second kappa shape index (κ2) is 5.23. The Bertz CT molecular complexity index is 446. The van der Waals surface area contributed by atoms with Gasteiger partial charge in [-0.05, 0) is 25.1 Å². The topological polar surface area (TPSA) is 56.7 Å². The van der Waals surface area contributed by atoms with Crippen molar-refractivity contribution in [2.24, 2.45) is 5.73 Å². The molecule has 0 bridgehead atoms. The van der Waals surface area contributed by atoms with Gasteiger partial charge in [-0.2, -0.15) is 0 Å². The maximum Gasteiger partial charge on any atom is 0.0839 e. The van der Waals surface area contributed by atoms with Crippen molar-refractivity contribution in [3.63, 3.8) is 0 Å². The van der Waals surface area contributed by atoms with Gasteiger partial charge >= 0.3 is 0 Å². The number of nitrogens with two attached hydrogens (primary N) is 1. The van der Waals surface area contributed by atoms with Gasteiger partial charge in [0.1, 0.15) is 0 Å². The van der Waals surface area contributed by atoms with E-state index in [1.54, 1.807) is 0 Å². The van der Waals surface area contributed by atoms with Crippen molar-refractivity contribution in [2.75, 3.05) is 6.54 Å². The molecule has 0 aliphatic heterocycles. The molecule has 0 saturated heterocycles. The van der Waals surface area contributed by atoms with E-state index < -0.39 is 0 Å². The molecule has 0 aromatic carbocycles. The predicted molar refractivity (Wildman–Crippen MR) is 65.6 cm³/mol. The molecule has 4 nitrogen and oxygen atoms in total. The maximum atomic E-state index is 5.47. The molecule has 0 aliphatic rings. The Hall–Kier alpha value is -1.20. The molecule has 2 heterocycles. The van der Waals surface area contributed by atoms with Crippen molar-refractivity contribution in [1.29, 1.82) is 0 Å². The summed E-state index contributed by atoms with van der Waals surface area (Å²) < 4.78 is 1.87. The molecule has 0 aliphatic carbocycles. The van der Waals surface area contributed by atoms with Crippen LogP contribution in [0.4, 0.5) is 0 Å². The molecule has 0 radical (unpaired) electrons. The normalized spacial score (nSPS) is 10.9. The summed E-state index contributed by atoms with van der Waals surface area (Å²) in [6.07, 6.45) is 3.86. The van der Waals surface area contributed by atoms with Gasteiger partial charge in [0, 0.05) is 22.4 Å². The second-order valence-corrected chi connectivity index (χ2v) is 4.92. The lowest BCUT2D eigenvalue weighted by molar-refractivity contribution is 0.655. The van der Waals surface area contributed by atoms with Crippen LogP contribution in [0.5, 0.6) is 0 Å². The fourth-order valence-corrected chi connectivity index (χ4v) is 2.49. The van der Waals surface area contributed by atoms with Gasteiger partial charge in [-0.3, -0.25) is 0 Å². The van der Waals surface area contributed by atoms with E-state index in [4.69, 9.17) is 5.73 Å². The third kappa shape index (κ3) is 2.68. The number of nitrogens with zero attached hydrogens (tertiary/aromatic N) is 3.